The molecule has 3 rings (SSSR count). The van der Waals surface area contributed by atoms with Crippen molar-refractivity contribution in [1.29, 1.82) is 0 Å². The zero-order chi connectivity index (χ0) is 29.5. The Labute approximate surface area is 240 Å². The minimum absolute atomic E-state index is 0.0105. The third-order valence-electron chi connectivity index (χ3n) is 12.4. The fourth-order valence-electron chi connectivity index (χ4n) is 9.38. The summed E-state index contributed by atoms with van der Waals surface area (Å²) >= 11 is 0. The van der Waals surface area contributed by atoms with Crippen LogP contribution in [0.3, 0.4) is 0 Å². The lowest BCUT2D eigenvalue weighted by atomic mass is 9.39. The molecule has 0 radical (unpaired) electrons. The molecule has 1 aromatic heterocycles. The predicted molar refractivity (Wildman–Crippen MR) is 162 cm³/mol. The number of aliphatic hydroxyl groups excluding tert-OH is 1. The lowest BCUT2D eigenvalue weighted by Gasteiger charge is -2.65. The largest absolute Gasteiger partial charge is 0.396 e. The third kappa shape index (κ3) is 6.21. The van der Waals surface area contributed by atoms with E-state index < -0.39 is 0 Å². The Kier molecular flexibility index (Phi) is 9.34. The molecular weight excluding hydrogens is 482 g/mol. The molecule has 0 aliphatic heterocycles. The summed E-state index contributed by atoms with van der Waals surface area (Å²) < 4.78 is 5.82. The van der Waals surface area contributed by atoms with E-state index in [1.54, 1.807) is 6.92 Å². The van der Waals surface area contributed by atoms with Crippen molar-refractivity contribution in [3.05, 3.63) is 17.5 Å². The fraction of sp³-hybridized carbons (Fsp3) is 0.886. The maximum absolute atomic E-state index is 12.9. The molecule has 1 saturated carbocycles. The molecule has 0 aromatic carbocycles. The van der Waals surface area contributed by atoms with Gasteiger partial charge in [0.2, 0.25) is 0 Å². The van der Waals surface area contributed by atoms with E-state index >= 15 is 0 Å². The number of hydrogen-bond acceptors (Lipinski definition) is 4. The molecule has 1 N–H and O–H groups in total. The van der Waals surface area contributed by atoms with Crippen LogP contribution in [-0.2, 0) is 16.6 Å². The summed E-state index contributed by atoms with van der Waals surface area (Å²) in [6.07, 6.45) is 13.7. The topological polar surface area (TPSA) is 63.3 Å². The summed E-state index contributed by atoms with van der Waals surface area (Å²) in [5.74, 6) is 2.12. The normalized spacial score (nSPS) is 30.4. The van der Waals surface area contributed by atoms with Crippen molar-refractivity contribution in [2.45, 2.75) is 152 Å². The lowest BCUT2D eigenvalue weighted by Crippen LogP contribution is -2.60. The van der Waals surface area contributed by atoms with Crippen molar-refractivity contribution >= 4 is 5.78 Å². The molecule has 4 nitrogen and oxygen atoms in total. The molecule has 0 amide bonds. The van der Waals surface area contributed by atoms with E-state index in [-0.39, 0.29) is 33.7 Å². The summed E-state index contributed by atoms with van der Waals surface area (Å²) in [4.78, 5) is 12.9. The second kappa shape index (κ2) is 11.3. The number of rotatable bonds is 13. The van der Waals surface area contributed by atoms with Crippen LogP contribution in [0.25, 0.3) is 0 Å². The molecular formula is C35H61NO3. The maximum Gasteiger partial charge on any atom is 0.145 e. The number of hydrogen-bond donors (Lipinski definition) is 1. The monoisotopic (exact) mass is 543 g/mol. The molecule has 4 heteroatoms. The third-order valence-corrected chi connectivity index (χ3v) is 12.4. The van der Waals surface area contributed by atoms with Crippen LogP contribution in [0.4, 0.5) is 0 Å². The first-order valence-electron chi connectivity index (χ1n) is 15.9. The van der Waals surface area contributed by atoms with E-state index in [9.17, 15) is 9.90 Å². The number of fused-ring (bicyclic) bond motifs is 2. The molecule has 0 saturated heterocycles. The van der Waals surface area contributed by atoms with E-state index in [1.165, 1.54) is 24.8 Å². The van der Waals surface area contributed by atoms with Crippen molar-refractivity contribution in [2.24, 2.45) is 38.9 Å². The zero-order valence-electron chi connectivity index (χ0n) is 27.4. The highest BCUT2D eigenvalue weighted by molar-refractivity contribution is 5.76. The second-order valence-electron chi connectivity index (χ2n) is 16.6. The van der Waals surface area contributed by atoms with E-state index in [1.807, 2.05) is 6.20 Å². The Hall–Kier alpha value is -1.16. The predicted octanol–water partition coefficient (Wildman–Crippen LogP) is 9.33. The fourth-order valence-corrected chi connectivity index (χ4v) is 9.38. The maximum atomic E-state index is 12.9. The van der Waals surface area contributed by atoms with Gasteiger partial charge in [-0.05, 0) is 104 Å². The first-order valence-corrected chi connectivity index (χ1v) is 15.9. The Morgan fingerprint density at radius 1 is 1.03 bits per heavy atom. The highest BCUT2D eigenvalue weighted by Gasteiger charge is 2.63. The van der Waals surface area contributed by atoms with Crippen LogP contribution < -0.4 is 0 Å². The first-order chi connectivity index (χ1) is 17.9. The van der Waals surface area contributed by atoms with Gasteiger partial charge in [0.05, 0.1) is 6.20 Å². The van der Waals surface area contributed by atoms with Crippen LogP contribution in [-0.4, -0.2) is 22.7 Å². The van der Waals surface area contributed by atoms with Crippen LogP contribution in [0.2, 0.25) is 0 Å². The van der Waals surface area contributed by atoms with Gasteiger partial charge in [-0.1, -0.05) is 80.8 Å². The van der Waals surface area contributed by atoms with Crippen LogP contribution in [0.1, 0.15) is 152 Å². The second-order valence-corrected chi connectivity index (χ2v) is 16.6. The number of aromatic nitrogens is 1. The standard InChI is InChI=1S/C35H61NO3/c1-12-14-30(3,4)16-18-33(9,20-21-37)19-17-31(5,6)35(11)15-13-27-32(7,8)29-26(24-36-39-29)23-34(27,10)28(35)22-25(2)38/h24,27-28,37H,12-23H2,1-11H3/t27-,28+,33-,34-,35+/m0/s1. The Balaban J connectivity index is 1.91. The minimum atomic E-state index is -0.0929. The molecule has 39 heavy (non-hydrogen) atoms. The van der Waals surface area contributed by atoms with Crippen molar-refractivity contribution in [3.8, 4) is 0 Å². The van der Waals surface area contributed by atoms with Gasteiger partial charge in [-0.15, -0.1) is 0 Å². The van der Waals surface area contributed by atoms with Crippen molar-refractivity contribution in [1.82, 2.24) is 5.16 Å². The number of carbonyl (C=O) groups excluding carboxylic acids is 1. The summed E-state index contributed by atoms with van der Waals surface area (Å²) in [5.41, 5.74) is 1.74. The number of ketones is 1. The summed E-state index contributed by atoms with van der Waals surface area (Å²) in [6.45, 7) is 26.1. The quantitative estimate of drug-likeness (QED) is 0.269. The van der Waals surface area contributed by atoms with E-state index in [2.05, 4.69) is 74.4 Å². The van der Waals surface area contributed by atoms with Gasteiger partial charge in [0.1, 0.15) is 11.5 Å². The van der Waals surface area contributed by atoms with Crippen LogP contribution >= 0.6 is 0 Å². The lowest BCUT2D eigenvalue weighted by molar-refractivity contribution is -0.155. The average Bonchev–Trinajstić information content (AvgIpc) is 3.28. The van der Waals surface area contributed by atoms with Gasteiger partial charge in [-0.25, -0.2) is 0 Å². The average molecular weight is 544 g/mol. The van der Waals surface area contributed by atoms with Crippen LogP contribution in [0.15, 0.2) is 10.7 Å². The van der Waals surface area contributed by atoms with Gasteiger partial charge in [-0.2, -0.15) is 0 Å². The van der Waals surface area contributed by atoms with Gasteiger partial charge in [0, 0.05) is 24.0 Å². The van der Waals surface area contributed by atoms with E-state index in [0.717, 1.165) is 50.7 Å². The molecule has 5 atom stereocenters. The smallest absolute Gasteiger partial charge is 0.145 e. The molecule has 1 aromatic rings. The Bertz CT molecular complexity index is 990. The van der Waals surface area contributed by atoms with Crippen molar-refractivity contribution in [2.75, 3.05) is 6.61 Å². The van der Waals surface area contributed by atoms with Gasteiger partial charge in [-0.3, -0.25) is 0 Å². The molecule has 0 bridgehead atoms. The minimum Gasteiger partial charge on any atom is -0.396 e. The molecule has 0 unspecified atom stereocenters. The highest BCUT2D eigenvalue weighted by atomic mass is 16.5. The summed E-state index contributed by atoms with van der Waals surface area (Å²) in [5, 5.41) is 14.2. The van der Waals surface area contributed by atoms with E-state index in [4.69, 9.17) is 4.52 Å². The van der Waals surface area contributed by atoms with Crippen LogP contribution in [0.5, 0.6) is 0 Å². The zero-order valence-corrected chi connectivity index (χ0v) is 27.4. The van der Waals surface area contributed by atoms with Crippen LogP contribution in [0, 0.1) is 38.9 Å². The Morgan fingerprint density at radius 3 is 2.26 bits per heavy atom. The van der Waals surface area contributed by atoms with Gasteiger partial charge < -0.3 is 14.4 Å². The van der Waals surface area contributed by atoms with Crippen molar-refractivity contribution < 1.29 is 14.4 Å². The van der Waals surface area contributed by atoms with E-state index in [0.29, 0.717) is 29.5 Å². The van der Waals surface area contributed by atoms with Crippen molar-refractivity contribution in [3.63, 3.8) is 0 Å². The number of Topliss-reactive ketones (excluding diaryl/α,β-unsaturated/α-hetero) is 1. The van der Waals surface area contributed by atoms with Gasteiger partial charge >= 0.3 is 0 Å². The number of aliphatic hydroxyl groups is 1. The first kappa shape index (κ1) is 32.4. The summed E-state index contributed by atoms with van der Waals surface area (Å²) in [6, 6.07) is 0. The highest BCUT2D eigenvalue weighted by Crippen LogP contribution is 2.68. The molecule has 2 aliphatic carbocycles. The number of nitrogens with zero attached hydrogens (tertiary/aromatic N) is 1. The SMILES string of the molecule is CCCC(C)(C)CC[C@](C)(CCO)CCC(C)(C)[C@]1(C)CC[C@H]2C(C)(C)c3oncc3C[C@]2(C)[C@H]1CC(C)=O. The molecule has 224 valence electrons. The molecule has 1 heterocycles. The van der Waals surface area contributed by atoms with Gasteiger partial charge in [0.25, 0.3) is 0 Å². The van der Waals surface area contributed by atoms with Gasteiger partial charge in [0.15, 0.2) is 0 Å². The molecule has 1 fully saturated rings. The molecule has 2 aliphatic rings. The summed E-state index contributed by atoms with van der Waals surface area (Å²) in [7, 11) is 0. The molecule has 0 spiro atoms. The Morgan fingerprint density at radius 2 is 1.67 bits per heavy atom. The number of carbonyl (C=O) groups is 1.